The summed E-state index contributed by atoms with van der Waals surface area (Å²) in [6.45, 7) is 1.61. The van der Waals surface area contributed by atoms with E-state index >= 15 is 0 Å². The number of halogens is 1. The zero-order valence-electron chi connectivity index (χ0n) is 10.7. The summed E-state index contributed by atoms with van der Waals surface area (Å²) in [5, 5.41) is 10.6. The molecule has 2 aliphatic rings. The molecule has 0 aromatic heterocycles. The van der Waals surface area contributed by atoms with Gasteiger partial charge in [0.15, 0.2) is 11.5 Å². The Balaban J connectivity index is 1.94. The number of fused-ring (bicyclic) bond motifs is 1. The van der Waals surface area contributed by atoms with Crippen LogP contribution in [0.15, 0.2) is 16.6 Å². The number of hydrogen-bond acceptors (Lipinski definition) is 4. The van der Waals surface area contributed by atoms with Crippen LogP contribution in [0.25, 0.3) is 0 Å². The van der Waals surface area contributed by atoms with Crippen LogP contribution in [0.1, 0.15) is 30.9 Å². The van der Waals surface area contributed by atoms with E-state index in [0.717, 1.165) is 35.0 Å². The second kappa shape index (κ2) is 4.96. The molecule has 19 heavy (non-hydrogen) atoms. The third-order valence-corrected chi connectivity index (χ3v) is 4.86. The number of hydrogen-bond donors (Lipinski definition) is 2. The molecule has 1 saturated carbocycles. The molecule has 0 bridgehead atoms. The fourth-order valence-corrected chi connectivity index (χ4v) is 3.44. The van der Waals surface area contributed by atoms with E-state index in [1.807, 2.05) is 12.1 Å². The first-order valence-corrected chi connectivity index (χ1v) is 7.43. The van der Waals surface area contributed by atoms with E-state index in [2.05, 4.69) is 15.9 Å². The fourth-order valence-electron chi connectivity index (χ4n) is 2.86. The van der Waals surface area contributed by atoms with Crippen LogP contribution in [-0.4, -0.2) is 24.9 Å². The predicted molar refractivity (Wildman–Crippen MR) is 75.4 cm³/mol. The number of aliphatic hydroxyl groups excluding tert-OH is 1. The normalized spacial score (nSPS) is 21.6. The molecule has 0 spiro atoms. The first-order chi connectivity index (χ1) is 9.16. The lowest BCUT2D eigenvalue weighted by molar-refractivity contribution is -0.0299. The number of nitrogens with two attached hydrogens (primary N) is 1. The topological polar surface area (TPSA) is 64.7 Å². The van der Waals surface area contributed by atoms with Gasteiger partial charge in [-0.15, -0.1) is 0 Å². The number of aliphatic hydroxyl groups is 1. The van der Waals surface area contributed by atoms with E-state index in [0.29, 0.717) is 25.5 Å². The van der Waals surface area contributed by atoms with Gasteiger partial charge in [-0.05, 0) is 46.5 Å². The zero-order chi connectivity index (χ0) is 13.5. The summed E-state index contributed by atoms with van der Waals surface area (Å²) >= 11 is 3.48. The third-order valence-electron chi connectivity index (χ3n) is 4.27. The average Bonchev–Trinajstić information content (AvgIpc) is 2.38. The maximum atomic E-state index is 10.6. The van der Waals surface area contributed by atoms with E-state index in [1.165, 1.54) is 0 Å². The molecule has 5 heteroatoms. The lowest BCUT2D eigenvalue weighted by Crippen LogP contribution is -2.42. The quantitative estimate of drug-likeness (QED) is 0.894. The van der Waals surface area contributed by atoms with E-state index in [-0.39, 0.29) is 5.41 Å². The van der Waals surface area contributed by atoms with Crippen molar-refractivity contribution in [1.82, 2.24) is 0 Å². The van der Waals surface area contributed by atoms with E-state index in [9.17, 15) is 5.11 Å². The fraction of sp³-hybridized carbons (Fsp3) is 0.571. The molecule has 0 radical (unpaired) electrons. The molecule has 1 aliphatic heterocycles. The van der Waals surface area contributed by atoms with Crippen molar-refractivity contribution in [2.75, 3.05) is 19.8 Å². The molecule has 1 heterocycles. The molecule has 1 aliphatic carbocycles. The molecule has 1 aromatic rings. The predicted octanol–water partition coefficient (Wildman–Crippen LogP) is 2.38. The lowest BCUT2D eigenvalue weighted by Gasteiger charge is -2.45. The minimum atomic E-state index is -0.543. The van der Waals surface area contributed by atoms with Gasteiger partial charge in [0.2, 0.25) is 0 Å². The van der Waals surface area contributed by atoms with Crippen molar-refractivity contribution in [2.45, 2.75) is 25.4 Å². The minimum Gasteiger partial charge on any atom is -0.486 e. The Hall–Kier alpha value is -0.780. The molecule has 0 amide bonds. The van der Waals surface area contributed by atoms with Gasteiger partial charge in [-0.25, -0.2) is 0 Å². The molecule has 104 valence electrons. The smallest absolute Gasteiger partial charge is 0.175 e. The molecule has 1 unspecified atom stereocenters. The molecule has 1 atom stereocenters. The standard InChI is InChI=1S/C14H18BrNO3/c15-10-6-9(7-11-12(10)19-5-4-18-11)13(17)14(8-16)2-1-3-14/h6-7,13,17H,1-5,8,16H2. The highest BCUT2D eigenvalue weighted by molar-refractivity contribution is 9.10. The molecular formula is C14H18BrNO3. The van der Waals surface area contributed by atoms with Crippen LogP contribution < -0.4 is 15.2 Å². The van der Waals surface area contributed by atoms with Crippen molar-refractivity contribution in [3.05, 3.63) is 22.2 Å². The Labute approximate surface area is 121 Å². The summed E-state index contributed by atoms with van der Waals surface area (Å²) in [5.74, 6) is 1.42. The Kier molecular flexibility index (Phi) is 3.45. The number of ether oxygens (including phenoxy) is 2. The van der Waals surface area contributed by atoms with Gasteiger partial charge in [-0.2, -0.15) is 0 Å². The number of rotatable bonds is 3. The first-order valence-electron chi connectivity index (χ1n) is 6.63. The largest absolute Gasteiger partial charge is 0.486 e. The highest BCUT2D eigenvalue weighted by Gasteiger charge is 2.43. The second-order valence-corrected chi connectivity index (χ2v) is 6.20. The molecule has 4 nitrogen and oxygen atoms in total. The highest BCUT2D eigenvalue weighted by Crippen LogP contribution is 2.51. The van der Waals surface area contributed by atoms with E-state index in [1.54, 1.807) is 0 Å². The Morgan fingerprint density at radius 2 is 2.05 bits per heavy atom. The van der Waals surface area contributed by atoms with Crippen LogP contribution in [-0.2, 0) is 0 Å². The van der Waals surface area contributed by atoms with Gasteiger partial charge < -0.3 is 20.3 Å². The van der Waals surface area contributed by atoms with Crippen molar-refractivity contribution in [3.8, 4) is 11.5 Å². The molecule has 3 N–H and O–H groups in total. The van der Waals surface area contributed by atoms with Gasteiger partial charge in [-0.1, -0.05) is 6.42 Å². The van der Waals surface area contributed by atoms with Crippen LogP contribution in [0.3, 0.4) is 0 Å². The summed E-state index contributed by atoms with van der Waals surface area (Å²) in [4.78, 5) is 0. The van der Waals surface area contributed by atoms with Gasteiger partial charge in [-0.3, -0.25) is 0 Å². The van der Waals surface area contributed by atoms with Crippen molar-refractivity contribution in [2.24, 2.45) is 11.1 Å². The maximum absolute atomic E-state index is 10.6. The van der Waals surface area contributed by atoms with E-state index < -0.39 is 6.10 Å². The van der Waals surface area contributed by atoms with Crippen molar-refractivity contribution in [1.29, 1.82) is 0 Å². The van der Waals surface area contributed by atoms with Gasteiger partial charge in [0.25, 0.3) is 0 Å². The summed E-state index contributed by atoms with van der Waals surface area (Å²) in [5.41, 5.74) is 6.54. The third kappa shape index (κ3) is 2.14. The van der Waals surface area contributed by atoms with Crippen LogP contribution in [0.2, 0.25) is 0 Å². The summed E-state index contributed by atoms with van der Waals surface area (Å²) < 4.78 is 12.0. The second-order valence-electron chi connectivity index (χ2n) is 5.35. The molecular weight excluding hydrogens is 310 g/mol. The SMILES string of the molecule is NCC1(C(O)c2cc(Br)c3c(c2)OCCO3)CCC1. The summed E-state index contributed by atoms with van der Waals surface area (Å²) in [6, 6.07) is 3.79. The van der Waals surface area contributed by atoms with Crippen molar-refractivity contribution >= 4 is 15.9 Å². The van der Waals surface area contributed by atoms with Crippen LogP contribution in [0.5, 0.6) is 11.5 Å². The van der Waals surface area contributed by atoms with Gasteiger partial charge in [0.05, 0.1) is 10.6 Å². The van der Waals surface area contributed by atoms with Crippen molar-refractivity contribution in [3.63, 3.8) is 0 Å². The summed E-state index contributed by atoms with van der Waals surface area (Å²) in [6.07, 6.45) is 2.56. The van der Waals surface area contributed by atoms with E-state index in [4.69, 9.17) is 15.2 Å². The molecule has 1 fully saturated rings. The van der Waals surface area contributed by atoms with Crippen molar-refractivity contribution < 1.29 is 14.6 Å². The van der Waals surface area contributed by atoms with Gasteiger partial charge in [0.1, 0.15) is 13.2 Å². The maximum Gasteiger partial charge on any atom is 0.175 e. The first kappa shape index (κ1) is 13.2. The number of benzene rings is 1. The Morgan fingerprint density at radius 3 is 2.68 bits per heavy atom. The average molecular weight is 328 g/mol. The molecule has 3 rings (SSSR count). The molecule has 0 saturated heterocycles. The van der Waals surface area contributed by atoms with Crippen LogP contribution in [0, 0.1) is 5.41 Å². The summed E-state index contributed by atoms with van der Waals surface area (Å²) in [7, 11) is 0. The van der Waals surface area contributed by atoms with Gasteiger partial charge in [0, 0.05) is 12.0 Å². The minimum absolute atomic E-state index is 0.163. The monoisotopic (exact) mass is 327 g/mol. The Morgan fingerprint density at radius 1 is 1.32 bits per heavy atom. The molecule has 1 aromatic carbocycles. The van der Waals surface area contributed by atoms with Gasteiger partial charge >= 0.3 is 0 Å². The zero-order valence-corrected chi connectivity index (χ0v) is 12.3. The lowest BCUT2D eigenvalue weighted by atomic mass is 9.63. The highest BCUT2D eigenvalue weighted by atomic mass is 79.9. The Bertz CT molecular complexity index is 482. The van der Waals surface area contributed by atoms with Crippen LogP contribution >= 0.6 is 15.9 Å². The van der Waals surface area contributed by atoms with Crippen LogP contribution in [0.4, 0.5) is 0 Å².